The predicted octanol–water partition coefficient (Wildman–Crippen LogP) is 2.03. The Morgan fingerprint density at radius 1 is 1.58 bits per heavy atom. The first-order valence-corrected chi connectivity index (χ1v) is 4.88. The molecule has 1 heteroatoms. The van der Waals surface area contributed by atoms with Crippen molar-refractivity contribution in [3.63, 3.8) is 0 Å². The Morgan fingerprint density at radius 2 is 2.33 bits per heavy atom. The van der Waals surface area contributed by atoms with E-state index in [9.17, 15) is 0 Å². The van der Waals surface area contributed by atoms with E-state index in [0.717, 1.165) is 18.3 Å². The van der Waals surface area contributed by atoms with Gasteiger partial charge in [-0.15, -0.1) is 12.3 Å². The van der Waals surface area contributed by atoms with Crippen molar-refractivity contribution < 1.29 is 0 Å². The third kappa shape index (κ3) is 2.25. The van der Waals surface area contributed by atoms with E-state index in [1.165, 1.54) is 19.3 Å². The minimum atomic E-state index is 0.556. The molecule has 0 aromatic carbocycles. The van der Waals surface area contributed by atoms with E-state index in [1.54, 1.807) is 0 Å². The topological polar surface area (TPSA) is 12.0 Å². The second-order valence-electron chi connectivity index (χ2n) is 3.98. The van der Waals surface area contributed by atoms with Crippen LogP contribution in [0.2, 0.25) is 0 Å². The van der Waals surface area contributed by atoms with E-state index in [0.29, 0.717) is 6.04 Å². The van der Waals surface area contributed by atoms with E-state index >= 15 is 0 Å². The summed E-state index contributed by atoms with van der Waals surface area (Å²) in [5.74, 6) is 4.47. The lowest BCUT2D eigenvalue weighted by Gasteiger charge is -2.20. The molecule has 1 N–H and O–H groups in total. The van der Waals surface area contributed by atoms with Gasteiger partial charge in [-0.25, -0.2) is 0 Å². The monoisotopic (exact) mass is 165 g/mol. The van der Waals surface area contributed by atoms with Gasteiger partial charge >= 0.3 is 0 Å². The lowest BCUT2D eigenvalue weighted by Crippen LogP contribution is -2.31. The van der Waals surface area contributed by atoms with Crippen molar-refractivity contribution in [2.75, 3.05) is 7.05 Å². The molecule has 68 valence electrons. The summed E-state index contributed by atoms with van der Waals surface area (Å²) in [6.45, 7) is 2.34. The minimum absolute atomic E-state index is 0.556. The standard InChI is InChI=1S/C11H19N/c1-4-5-11(12-3)10-7-6-9(2)8-10/h1,9-12H,5-8H2,2-3H3. The Kier molecular flexibility index (Phi) is 3.62. The van der Waals surface area contributed by atoms with Crippen LogP contribution in [0.4, 0.5) is 0 Å². The quantitative estimate of drug-likeness (QED) is 0.631. The third-order valence-electron chi connectivity index (χ3n) is 3.01. The molecule has 0 aromatic heterocycles. The van der Waals surface area contributed by atoms with Gasteiger partial charge < -0.3 is 5.32 Å². The molecule has 0 bridgehead atoms. The summed E-state index contributed by atoms with van der Waals surface area (Å²) in [5, 5.41) is 3.32. The van der Waals surface area contributed by atoms with Crippen molar-refractivity contribution in [1.82, 2.24) is 5.32 Å². The largest absolute Gasteiger partial charge is 0.316 e. The second kappa shape index (κ2) is 4.52. The zero-order valence-electron chi connectivity index (χ0n) is 8.14. The van der Waals surface area contributed by atoms with Crippen molar-refractivity contribution in [1.29, 1.82) is 0 Å². The average Bonchev–Trinajstić information content (AvgIpc) is 2.47. The molecule has 1 aliphatic rings. The van der Waals surface area contributed by atoms with Crippen molar-refractivity contribution in [2.24, 2.45) is 11.8 Å². The van der Waals surface area contributed by atoms with E-state index in [1.807, 2.05) is 7.05 Å². The molecule has 12 heavy (non-hydrogen) atoms. The molecule has 1 aliphatic carbocycles. The smallest absolute Gasteiger partial charge is 0.0243 e. The van der Waals surface area contributed by atoms with Crippen LogP contribution in [0.1, 0.15) is 32.6 Å². The van der Waals surface area contributed by atoms with E-state index in [-0.39, 0.29) is 0 Å². The van der Waals surface area contributed by atoms with Gasteiger partial charge in [0.15, 0.2) is 0 Å². The summed E-state index contributed by atoms with van der Waals surface area (Å²) < 4.78 is 0. The van der Waals surface area contributed by atoms with Gasteiger partial charge in [0.1, 0.15) is 0 Å². The highest BCUT2D eigenvalue weighted by Gasteiger charge is 2.26. The van der Waals surface area contributed by atoms with Gasteiger partial charge in [0, 0.05) is 12.5 Å². The number of terminal acetylenes is 1. The maximum atomic E-state index is 5.32. The summed E-state index contributed by atoms with van der Waals surface area (Å²) in [6, 6.07) is 0.556. The summed E-state index contributed by atoms with van der Waals surface area (Å²) in [6.07, 6.45) is 10.3. The molecule has 1 fully saturated rings. The maximum absolute atomic E-state index is 5.32. The molecule has 0 saturated heterocycles. The predicted molar refractivity (Wildman–Crippen MR) is 52.8 cm³/mol. The normalized spacial score (nSPS) is 31.4. The summed E-state index contributed by atoms with van der Waals surface area (Å²) in [4.78, 5) is 0. The number of nitrogens with one attached hydrogen (secondary N) is 1. The van der Waals surface area contributed by atoms with Crippen LogP contribution >= 0.6 is 0 Å². The van der Waals surface area contributed by atoms with Crippen molar-refractivity contribution in [2.45, 2.75) is 38.6 Å². The average molecular weight is 165 g/mol. The van der Waals surface area contributed by atoms with Crippen LogP contribution in [0.15, 0.2) is 0 Å². The van der Waals surface area contributed by atoms with Crippen LogP contribution < -0.4 is 5.32 Å². The fourth-order valence-electron chi connectivity index (χ4n) is 2.25. The molecule has 3 atom stereocenters. The minimum Gasteiger partial charge on any atom is -0.316 e. The van der Waals surface area contributed by atoms with Gasteiger partial charge in [0.2, 0.25) is 0 Å². The zero-order chi connectivity index (χ0) is 8.97. The lowest BCUT2D eigenvalue weighted by molar-refractivity contribution is 0.375. The Bertz CT molecular complexity index is 168. The van der Waals surface area contributed by atoms with Gasteiger partial charge in [-0.05, 0) is 31.7 Å². The molecule has 1 saturated carbocycles. The third-order valence-corrected chi connectivity index (χ3v) is 3.01. The molecule has 0 radical (unpaired) electrons. The molecule has 0 heterocycles. The first-order valence-electron chi connectivity index (χ1n) is 4.88. The zero-order valence-corrected chi connectivity index (χ0v) is 8.14. The lowest BCUT2D eigenvalue weighted by atomic mass is 9.95. The van der Waals surface area contributed by atoms with Crippen LogP contribution in [0, 0.1) is 24.2 Å². The van der Waals surface area contributed by atoms with Gasteiger partial charge in [-0.2, -0.15) is 0 Å². The van der Waals surface area contributed by atoms with Crippen LogP contribution in [0.3, 0.4) is 0 Å². The van der Waals surface area contributed by atoms with Crippen molar-refractivity contribution in [3.8, 4) is 12.3 Å². The maximum Gasteiger partial charge on any atom is 0.0243 e. The molecule has 1 nitrogen and oxygen atoms in total. The Labute approximate surface area is 75.9 Å². The van der Waals surface area contributed by atoms with Crippen LogP contribution in [0.25, 0.3) is 0 Å². The molecule has 1 rings (SSSR count). The van der Waals surface area contributed by atoms with Gasteiger partial charge in [0.25, 0.3) is 0 Å². The summed E-state index contributed by atoms with van der Waals surface area (Å²) >= 11 is 0. The number of hydrogen-bond donors (Lipinski definition) is 1. The number of hydrogen-bond acceptors (Lipinski definition) is 1. The molecular weight excluding hydrogens is 146 g/mol. The van der Waals surface area contributed by atoms with Crippen molar-refractivity contribution in [3.05, 3.63) is 0 Å². The van der Waals surface area contributed by atoms with E-state index in [2.05, 4.69) is 18.2 Å². The first kappa shape index (κ1) is 9.61. The van der Waals surface area contributed by atoms with E-state index < -0.39 is 0 Å². The molecular formula is C11H19N. The van der Waals surface area contributed by atoms with Crippen LogP contribution in [-0.4, -0.2) is 13.1 Å². The first-order chi connectivity index (χ1) is 5.77. The Hall–Kier alpha value is -0.480. The molecule has 3 unspecified atom stereocenters. The highest BCUT2D eigenvalue weighted by Crippen LogP contribution is 2.33. The second-order valence-corrected chi connectivity index (χ2v) is 3.98. The Balaban J connectivity index is 2.39. The fourth-order valence-corrected chi connectivity index (χ4v) is 2.25. The van der Waals surface area contributed by atoms with Gasteiger partial charge in [0.05, 0.1) is 0 Å². The van der Waals surface area contributed by atoms with Gasteiger partial charge in [-0.3, -0.25) is 0 Å². The van der Waals surface area contributed by atoms with Crippen LogP contribution in [0.5, 0.6) is 0 Å². The molecule has 0 aromatic rings. The fraction of sp³-hybridized carbons (Fsp3) is 0.818. The highest BCUT2D eigenvalue weighted by molar-refractivity contribution is 4.93. The van der Waals surface area contributed by atoms with Crippen molar-refractivity contribution >= 4 is 0 Å². The Morgan fingerprint density at radius 3 is 2.75 bits per heavy atom. The summed E-state index contributed by atoms with van der Waals surface area (Å²) in [7, 11) is 2.02. The highest BCUT2D eigenvalue weighted by atomic mass is 14.9. The van der Waals surface area contributed by atoms with Crippen LogP contribution in [-0.2, 0) is 0 Å². The molecule has 0 aliphatic heterocycles. The summed E-state index contributed by atoms with van der Waals surface area (Å²) in [5.41, 5.74) is 0. The molecule has 0 amide bonds. The molecule has 0 spiro atoms. The van der Waals surface area contributed by atoms with Gasteiger partial charge in [-0.1, -0.05) is 13.3 Å². The van der Waals surface area contributed by atoms with E-state index in [4.69, 9.17) is 6.42 Å². The number of rotatable bonds is 3. The SMILES string of the molecule is C#CCC(NC)C1CCC(C)C1.